The zero-order valence-corrected chi connectivity index (χ0v) is 19.8. The third kappa shape index (κ3) is 3.64. The van der Waals surface area contributed by atoms with E-state index in [0.717, 1.165) is 46.2 Å². The number of rotatable bonds is 5. The number of nitrogens with one attached hydrogen (secondary N) is 3. The molecule has 2 aromatic heterocycles. The lowest BCUT2D eigenvalue weighted by molar-refractivity contribution is 0.0107. The first-order valence-electron chi connectivity index (χ1n) is 11.8. The van der Waals surface area contributed by atoms with E-state index in [-0.39, 0.29) is 11.1 Å². The van der Waals surface area contributed by atoms with Crippen molar-refractivity contribution < 1.29 is 8.42 Å². The Labute approximate surface area is 193 Å². The van der Waals surface area contributed by atoms with Crippen LogP contribution in [0.1, 0.15) is 38.5 Å². The fourth-order valence-corrected chi connectivity index (χ4v) is 7.74. The van der Waals surface area contributed by atoms with Crippen LogP contribution in [0, 0.1) is 17.8 Å². The number of nitrogens with zero attached hydrogens (tertiary/aromatic N) is 1. The highest BCUT2D eigenvalue weighted by molar-refractivity contribution is 7.92. The second-order valence-electron chi connectivity index (χ2n) is 10.7. The number of aromatic nitrogens is 2. The second-order valence-corrected chi connectivity index (χ2v) is 12.4. The molecule has 0 aliphatic heterocycles. The van der Waals surface area contributed by atoms with Crippen LogP contribution in [0.3, 0.4) is 0 Å². The highest BCUT2D eigenvalue weighted by atomic mass is 32.2. The van der Waals surface area contributed by atoms with Crippen LogP contribution < -0.4 is 15.6 Å². The molecular formula is C25H30N4O3S. The summed E-state index contributed by atoms with van der Waals surface area (Å²) in [5, 5.41) is 4.80. The predicted octanol–water partition coefficient (Wildman–Crippen LogP) is 4.29. The van der Waals surface area contributed by atoms with Crippen molar-refractivity contribution in [1.29, 1.82) is 0 Å². The highest BCUT2D eigenvalue weighted by Crippen LogP contribution is 2.57. The molecule has 0 radical (unpaired) electrons. The van der Waals surface area contributed by atoms with Gasteiger partial charge in [-0.15, -0.1) is 0 Å². The van der Waals surface area contributed by atoms with E-state index in [1.165, 1.54) is 38.5 Å². The maximum atomic E-state index is 12.6. The lowest BCUT2D eigenvalue weighted by atomic mass is 9.53. The van der Waals surface area contributed by atoms with E-state index < -0.39 is 10.0 Å². The van der Waals surface area contributed by atoms with E-state index >= 15 is 0 Å². The number of aromatic amines is 1. The molecule has 0 atom stereocenters. The monoisotopic (exact) mass is 466 g/mol. The number of hydrogen-bond donors (Lipinski definition) is 3. The van der Waals surface area contributed by atoms with Crippen LogP contribution >= 0.6 is 0 Å². The van der Waals surface area contributed by atoms with E-state index in [4.69, 9.17) is 0 Å². The van der Waals surface area contributed by atoms with Crippen LogP contribution in [0.4, 0.5) is 11.4 Å². The lowest BCUT2D eigenvalue weighted by Gasteiger charge is -2.57. The first-order chi connectivity index (χ1) is 15.7. The summed E-state index contributed by atoms with van der Waals surface area (Å²) in [6.45, 7) is 0. The topological polar surface area (TPSA) is 96.0 Å². The van der Waals surface area contributed by atoms with Gasteiger partial charge in [0.25, 0.3) is 5.56 Å². The van der Waals surface area contributed by atoms with Crippen LogP contribution in [0.2, 0.25) is 0 Å². The quantitative estimate of drug-likeness (QED) is 0.523. The molecule has 0 amide bonds. The Hall–Kier alpha value is -2.74. The van der Waals surface area contributed by atoms with Crippen LogP contribution in [-0.2, 0) is 17.1 Å². The van der Waals surface area contributed by atoms with Gasteiger partial charge in [-0.05, 0) is 80.5 Å². The molecule has 4 fully saturated rings. The molecule has 7 rings (SSSR count). The summed E-state index contributed by atoms with van der Waals surface area (Å²) in [5.41, 5.74) is 3.89. The molecule has 1 aromatic carbocycles. The normalized spacial score (nSPS) is 28.4. The number of sulfonamides is 1. The minimum absolute atomic E-state index is 0.0836. The molecule has 7 nitrogen and oxygen atoms in total. The Kier molecular flexibility index (Phi) is 4.50. The maximum Gasteiger partial charge on any atom is 0.274 e. The molecule has 8 heteroatoms. The summed E-state index contributed by atoms with van der Waals surface area (Å²) in [4.78, 5) is 15.7. The molecule has 174 valence electrons. The molecule has 4 aliphatic rings. The van der Waals surface area contributed by atoms with Crippen molar-refractivity contribution >= 4 is 32.3 Å². The molecule has 33 heavy (non-hydrogen) atoms. The molecule has 4 aliphatic carbocycles. The third-order valence-corrected chi connectivity index (χ3v) is 8.55. The number of hydrogen-bond acceptors (Lipinski definition) is 4. The van der Waals surface area contributed by atoms with Gasteiger partial charge < -0.3 is 14.9 Å². The molecule has 3 N–H and O–H groups in total. The summed E-state index contributed by atoms with van der Waals surface area (Å²) in [5.74, 6) is 2.44. The molecule has 0 spiro atoms. The van der Waals surface area contributed by atoms with Crippen LogP contribution in [-0.4, -0.2) is 29.8 Å². The fraction of sp³-hybridized carbons (Fsp3) is 0.480. The average Bonchev–Trinajstić information content (AvgIpc) is 3.20. The predicted molar refractivity (Wildman–Crippen MR) is 132 cm³/mol. The van der Waals surface area contributed by atoms with Gasteiger partial charge in [0.15, 0.2) is 0 Å². The van der Waals surface area contributed by atoms with E-state index in [2.05, 4.69) is 15.0 Å². The zero-order chi connectivity index (χ0) is 23.0. The highest BCUT2D eigenvalue weighted by Gasteiger charge is 2.51. The number of benzene rings is 1. The first kappa shape index (κ1) is 20.8. The van der Waals surface area contributed by atoms with Gasteiger partial charge in [-0.2, -0.15) is 0 Å². The number of H-pyrrole nitrogens is 1. The van der Waals surface area contributed by atoms with Crippen molar-refractivity contribution in [1.82, 2.24) is 9.55 Å². The van der Waals surface area contributed by atoms with E-state index in [1.807, 2.05) is 30.5 Å². The van der Waals surface area contributed by atoms with Crippen molar-refractivity contribution in [3.05, 3.63) is 47.0 Å². The maximum absolute atomic E-state index is 12.6. The lowest BCUT2D eigenvalue weighted by Crippen LogP contribution is -2.54. The molecule has 2 heterocycles. The number of aryl methyl sites for hydroxylation is 1. The smallest absolute Gasteiger partial charge is 0.274 e. The van der Waals surface area contributed by atoms with Crippen molar-refractivity contribution in [2.45, 2.75) is 44.1 Å². The Morgan fingerprint density at radius 1 is 1.03 bits per heavy atom. The van der Waals surface area contributed by atoms with E-state index in [0.29, 0.717) is 11.2 Å². The zero-order valence-electron chi connectivity index (χ0n) is 19.0. The molecule has 0 saturated heterocycles. The van der Waals surface area contributed by atoms with Gasteiger partial charge in [0.1, 0.15) is 5.52 Å². The van der Waals surface area contributed by atoms with Gasteiger partial charge in [0.2, 0.25) is 10.0 Å². The molecule has 4 bridgehead atoms. The minimum Gasteiger partial charge on any atom is -0.379 e. The molecule has 0 unspecified atom stereocenters. The summed E-state index contributed by atoms with van der Waals surface area (Å²) < 4.78 is 28.0. The Balaban J connectivity index is 1.49. The largest absolute Gasteiger partial charge is 0.379 e. The second kappa shape index (κ2) is 7.13. The van der Waals surface area contributed by atoms with Crippen LogP contribution in [0.5, 0.6) is 0 Å². The number of anilines is 2. The minimum atomic E-state index is -3.41. The van der Waals surface area contributed by atoms with Gasteiger partial charge in [0.05, 0.1) is 6.26 Å². The Bertz CT molecular complexity index is 1380. The van der Waals surface area contributed by atoms with Crippen LogP contribution in [0.25, 0.3) is 22.0 Å². The summed E-state index contributed by atoms with van der Waals surface area (Å²) >= 11 is 0. The van der Waals surface area contributed by atoms with Gasteiger partial charge in [0, 0.05) is 52.9 Å². The van der Waals surface area contributed by atoms with E-state index in [9.17, 15) is 13.2 Å². The van der Waals surface area contributed by atoms with Gasteiger partial charge in [-0.1, -0.05) is 0 Å². The van der Waals surface area contributed by atoms with Crippen molar-refractivity contribution in [2.24, 2.45) is 24.8 Å². The van der Waals surface area contributed by atoms with Crippen molar-refractivity contribution in [3.8, 4) is 11.1 Å². The molecule has 4 saturated carbocycles. The van der Waals surface area contributed by atoms with Gasteiger partial charge in [-0.25, -0.2) is 8.42 Å². The van der Waals surface area contributed by atoms with Crippen LogP contribution in [0.15, 0.2) is 41.5 Å². The Morgan fingerprint density at radius 3 is 2.33 bits per heavy atom. The standard InChI is InChI=1S/C25H30N4O3S/c1-29-14-21(19-5-6-26-23(19)24(29)30)20-10-18(28-33(2,31)32)3-4-22(20)27-25-11-15-7-16(12-25)9-17(8-15)13-25/h3-6,10,14-17,26-28H,7-9,11-13H2,1-2H3. The summed E-state index contributed by atoms with van der Waals surface area (Å²) in [6.07, 6.45) is 12.5. The first-order valence-corrected chi connectivity index (χ1v) is 13.6. The number of pyridine rings is 1. The number of fused-ring (bicyclic) bond motifs is 1. The van der Waals surface area contributed by atoms with E-state index in [1.54, 1.807) is 17.8 Å². The van der Waals surface area contributed by atoms with Crippen molar-refractivity contribution in [2.75, 3.05) is 16.3 Å². The average molecular weight is 467 g/mol. The third-order valence-electron chi connectivity index (χ3n) is 7.95. The summed E-state index contributed by atoms with van der Waals surface area (Å²) in [7, 11) is -1.66. The molecular weight excluding hydrogens is 436 g/mol. The van der Waals surface area contributed by atoms with Gasteiger partial charge >= 0.3 is 0 Å². The fourth-order valence-electron chi connectivity index (χ4n) is 7.19. The van der Waals surface area contributed by atoms with Gasteiger partial charge in [-0.3, -0.25) is 9.52 Å². The Morgan fingerprint density at radius 2 is 1.70 bits per heavy atom. The SMILES string of the molecule is Cn1cc(-c2cc(NS(C)(=O)=O)ccc2NC23CC4CC(CC(C4)C2)C3)c2cc[nH]c2c1=O. The molecule has 3 aromatic rings. The van der Waals surface area contributed by atoms with Crippen molar-refractivity contribution in [3.63, 3.8) is 0 Å². The summed E-state index contributed by atoms with van der Waals surface area (Å²) in [6, 6.07) is 7.61.